The average molecular weight is 403 g/mol. The van der Waals surface area contributed by atoms with Crippen molar-refractivity contribution in [3.63, 3.8) is 0 Å². The number of nitrogens with one attached hydrogen (secondary N) is 5. The number of rotatable bonds is 6. The van der Waals surface area contributed by atoms with Crippen molar-refractivity contribution < 1.29 is 9.63 Å². The summed E-state index contributed by atoms with van der Waals surface area (Å²) in [5.41, 5.74) is 7.26. The number of hydrogen-bond acceptors (Lipinski definition) is 6. The van der Waals surface area contributed by atoms with Gasteiger partial charge in [0.1, 0.15) is 5.69 Å². The Hall–Kier alpha value is -3.98. The zero-order valence-corrected chi connectivity index (χ0v) is 16.5. The van der Waals surface area contributed by atoms with Gasteiger partial charge in [-0.05, 0) is 42.8 Å². The minimum Gasteiger partial charge on any atom is -0.387 e. The summed E-state index contributed by atoms with van der Waals surface area (Å²) in [7, 11) is 1.60. The van der Waals surface area contributed by atoms with E-state index >= 15 is 0 Å². The molecule has 4 rings (SSSR count). The molecule has 3 aromatic heterocycles. The predicted molar refractivity (Wildman–Crippen MR) is 113 cm³/mol. The second kappa shape index (κ2) is 8.18. The number of nitrogens with zero attached hydrogens (tertiary/aromatic N) is 2. The molecule has 0 saturated carbocycles. The van der Waals surface area contributed by atoms with Crippen molar-refractivity contribution in [1.82, 2.24) is 30.7 Å². The van der Waals surface area contributed by atoms with Crippen LogP contribution in [0.2, 0.25) is 0 Å². The van der Waals surface area contributed by atoms with E-state index in [2.05, 4.69) is 30.7 Å². The molecule has 0 aliphatic heterocycles. The summed E-state index contributed by atoms with van der Waals surface area (Å²) < 4.78 is 0. The first-order chi connectivity index (χ1) is 14.5. The van der Waals surface area contributed by atoms with Gasteiger partial charge in [-0.25, -0.2) is 4.98 Å². The maximum atomic E-state index is 12.5. The van der Waals surface area contributed by atoms with Crippen LogP contribution in [-0.4, -0.2) is 38.8 Å². The van der Waals surface area contributed by atoms with E-state index in [0.717, 1.165) is 27.7 Å². The Kier molecular flexibility index (Phi) is 5.27. The van der Waals surface area contributed by atoms with Crippen molar-refractivity contribution in [2.75, 3.05) is 7.05 Å². The standard InChI is InChI=1S/C21H21N7O2/c1-12-18(28-20(26-12)21(29)25-11-13-5-7-24-8-6-13)14-3-4-16-15(9-14)10-17(27-16)19(22)30-23-2/h3-10,22-23,27H,11H2,1-2H3,(H,25,29)(H,26,28). The number of aromatic nitrogens is 4. The van der Waals surface area contributed by atoms with Crippen LogP contribution in [0.5, 0.6) is 0 Å². The predicted octanol–water partition coefficient (Wildman–Crippen LogP) is 2.67. The summed E-state index contributed by atoms with van der Waals surface area (Å²) in [5.74, 6) is -0.0150. The first-order valence-electron chi connectivity index (χ1n) is 9.34. The zero-order chi connectivity index (χ0) is 21.1. The van der Waals surface area contributed by atoms with Crippen LogP contribution >= 0.6 is 0 Å². The average Bonchev–Trinajstić information content (AvgIpc) is 3.36. The van der Waals surface area contributed by atoms with E-state index in [-0.39, 0.29) is 17.6 Å². The first-order valence-corrected chi connectivity index (χ1v) is 9.34. The van der Waals surface area contributed by atoms with Gasteiger partial charge in [-0.1, -0.05) is 6.07 Å². The van der Waals surface area contributed by atoms with Crippen molar-refractivity contribution in [2.24, 2.45) is 0 Å². The maximum Gasteiger partial charge on any atom is 0.287 e. The van der Waals surface area contributed by atoms with E-state index in [1.54, 1.807) is 19.4 Å². The smallest absolute Gasteiger partial charge is 0.287 e. The minimum absolute atomic E-state index is 0.000598. The van der Waals surface area contributed by atoms with Gasteiger partial charge in [0.15, 0.2) is 5.82 Å². The van der Waals surface area contributed by atoms with Crippen molar-refractivity contribution in [3.05, 3.63) is 71.6 Å². The number of aryl methyl sites for hydroxylation is 1. The number of benzene rings is 1. The molecule has 0 spiro atoms. The molecule has 152 valence electrons. The zero-order valence-electron chi connectivity index (χ0n) is 16.5. The van der Waals surface area contributed by atoms with Crippen LogP contribution < -0.4 is 10.8 Å². The molecular formula is C21H21N7O2. The fourth-order valence-electron chi connectivity index (χ4n) is 3.18. The number of carbonyl (C=O) groups is 1. The van der Waals surface area contributed by atoms with Gasteiger partial charge in [-0.3, -0.25) is 15.2 Å². The molecule has 3 heterocycles. The van der Waals surface area contributed by atoms with Crippen LogP contribution in [0.25, 0.3) is 22.2 Å². The fourth-order valence-corrected chi connectivity index (χ4v) is 3.18. The quantitative estimate of drug-likeness (QED) is 0.192. The van der Waals surface area contributed by atoms with E-state index in [9.17, 15) is 4.79 Å². The largest absolute Gasteiger partial charge is 0.387 e. The second-order valence-corrected chi connectivity index (χ2v) is 6.72. The Morgan fingerprint density at radius 2 is 1.97 bits per heavy atom. The van der Waals surface area contributed by atoms with Gasteiger partial charge in [0, 0.05) is 48.1 Å². The number of imidazole rings is 1. The number of amides is 1. The lowest BCUT2D eigenvalue weighted by Crippen LogP contribution is -2.24. The molecule has 1 amide bonds. The van der Waals surface area contributed by atoms with Gasteiger partial charge >= 0.3 is 0 Å². The molecule has 0 saturated heterocycles. The molecule has 0 radical (unpaired) electrons. The Balaban J connectivity index is 1.55. The third kappa shape index (κ3) is 3.91. The fraction of sp³-hybridized carbons (Fsp3) is 0.143. The highest BCUT2D eigenvalue weighted by Crippen LogP contribution is 2.26. The van der Waals surface area contributed by atoms with Gasteiger partial charge in [0.2, 0.25) is 0 Å². The summed E-state index contributed by atoms with van der Waals surface area (Å²) in [6, 6.07) is 11.3. The van der Waals surface area contributed by atoms with Crippen molar-refractivity contribution in [3.8, 4) is 11.3 Å². The van der Waals surface area contributed by atoms with E-state index in [1.807, 2.05) is 43.3 Å². The molecule has 9 nitrogen and oxygen atoms in total. The molecule has 0 aliphatic rings. The minimum atomic E-state index is -0.274. The van der Waals surface area contributed by atoms with E-state index in [4.69, 9.17) is 10.2 Å². The van der Waals surface area contributed by atoms with Gasteiger partial charge in [-0.2, -0.15) is 5.48 Å². The van der Waals surface area contributed by atoms with Crippen molar-refractivity contribution in [2.45, 2.75) is 13.5 Å². The van der Waals surface area contributed by atoms with Gasteiger partial charge in [0.25, 0.3) is 11.8 Å². The molecule has 30 heavy (non-hydrogen) atoms. The van der Waals surface area contributed by atoms with Gasteiger partial charge in [0.05, 0.1) is 5.69 Å². The lowest BCUT2D eigenvalue weighted by atomic mass is 10.1. The molecule has 0 atom stereocenters. The van der Waals surface area contributed by atoms with E-state index in [0.29, 0.717) is 17.9 Å². The topological polar surface area (TPSA) is 132 Å². The van der Waals surface area contributed by atoms with Crippen LogP contribution in [-0.2, 0) is 11.4 Å². The molecule has 0 aliphatic carbocycles. The maximum absolute atomic E-state index is 12.5. The highest BCUT2D eigenvalue weighted by Gasteiger charge is 2.16. The van der Waals surface area contributed by atoms with Gasteiger partial charge < -0.3 is 20.1 Å². The number of aromatic amines is 2. The van der Waals surface area contributed by atoms with Crippen LogP contribution in [0.1, 0.15) is 27.6 Å². The number of carbonyl (C=O) groups excluding carboxylic acids is 1. The Morgan fingerprint density at radius 1 is 1.17 bits per heavy atom. The number of pyridine rings is 1. The SMILES string of the molecule is CNOC(=N)c1cc2cc(-c3nc(C(=O)NCc4ccncc4)[nH]c3C)ccc2[nH]1. The third-order valence-corrected chi connectivity index (χ3v) is 4.65. The first kappa shape index (κ1) is 19.3. The van der Waals surface area contributed by atoms with Crippen LogP contribution in [0.3, 0.4) is 0 Å². The van der Waals surface area contributed by atoms with Crippen LogP contribution in [0.4, 0.5) is 0 Å². The number of fused-ring (bicyclic) bond motifs is 1. The number of hydroxylamine groups is 1. The molecule has 1 aromatic carbocycles. The van der Waals surface area contributed by atoms with Crippen LogP contribution in [0.15, 0.2) is 48.8 Å². The van der Waals surface area contributed by atoms with E-state index < -0.39 is 0 Å². The van der Waals surface area contributed by atoms with Crippen molar-refractivity contribution in [1.29, 1.82) is 5.41 Å². The molecule has 0 unspecified atom stereocenters. The van der Waals surface area contributed by atoms with E-state index in [1.165, 1.54) is 0 Å². The Labute approximate surface area is 172 Å². The molecule has 0 bridgehead atoms. The summed E-state index contributed by atoms with van der Waals surface area (Å²) in [5, 5.41) is 11.7. The summed E-state index contributed by atoms with van der Waals surface area (Å²) in [6.45, 7) is 2.28. The summed E-state index contributed by atoms with van der Waals surface area (Å²) >= 11 is 0. The molecule has 0 fully saturated rings. The highest BCUT2D eigenvalue weighted by atomic mass is 16.6. The van der Waals surface area contributed by atoms with Gasteiger partial charge in [-0.15, -0.1) is 0 Å². The molecule has 4 aromatic rings. The Morgan fingerprint density at radius 3 is 2.73 bits per heavy atom. The number of H-pyrrole nitrogens is 2. The third-order valence-electron chi connectivity index (χ3n) is 4.65. The lowest BCUT2D eigenvalue weighted by molar-refractivity contribution is 0.0941. The lowest BCUT2D eigenvalue weighted by Gasteiger charge is -2.02. The highest BCUT2D eigenvalue weighted by molar-refractivity contribution is 5.97. The Bertz CT molecular complexity index is 1210. The van der Waals surface area contributed by atoms with Crippen LogP contribution in [0, 0.1) is 12.3 Å². The summed E-state index contributed by atoms with van der Waals surface area (Å²) in [4.78, 5) is 32.2. The molecule has 5 N–H and O–H groups in total. The normalized spacial score (nSPS) is 10.9. The molecule has 9 heteroatoms. The molecular weight excluding hydrogens is 382 g/mol. The monoisotopic (exact) mass is 403 g/mol. The second-order valence-electron chi connectivity index (χ2n) is 6.72. The summed E-state index contributed by atoms with van der Waals surface area (Å²) in [6.07, 6.45) is 3.37. The van der Waals surface area contributed by atoms with Crippen molar-refractivity contribution >= 4 is 22.7 Å². The number of hydrogen-bond donors (Lipinski definition) is 5.